The van der Waals surface area contributed by atoms with Crippen LogP contribution in [0.2, 0.25) is 0 Å². The molecule has 1 aromatic carbocycles. The van der Waals surface area contributed by atoms with E-state index >= 15 is 0 Å². The van der Waals surface area contributed by atoms with Gasteiger partial charge in [0, 0.05) is 11.4 Å². The van der Waals surface area contributed by atoms with Gasteiger partial charge in [-0.25, -0.2) is 13.4 Å². The number of nitriles is 1. The van der Waals surface area contributed by atoms with E-state index in [1.54, 1.807) is 12.1 Å². The lowest BCUT2D eigenvalue weighted by Crippen LogP contribution is -2.13. The summed E-state index contributed by atoms with van der Waals surface area (Å²) in [5.74, 6) is 0.403. The normalized spacial score (nSPS) is 14.4. The van der Waals surface area contributed by atoms with Crippen molar-refractivity contribution in [3.8, 4) is 6.07 Å². The van der Waals surface area contributed by atoms with Crippen LogP contribution in [-0.4, -0.2) is 24.9 Å². The summed E-state index contributed by atoms with van der Waals surface area (Å²) >= 11 is 1.36. The summed E-state index contributed by atoms with van der Waals surface area (Å²) in [4.78, 5) is 5.01. The van der Waals surface area contributed by atoms with Gasteiger partial charge < -0.3 is 0 Å². The third-order valence-electron chi connectivity index (χ3n) is 5.06. The van der Waals surface area contributed by atoms with E-state index in [9.17, 15) is 13.7 Å². The number of nitrogens with zero attached hydrogens (tertiary/aromatic N) is 2. The van der Waals surface area contributed by atoms with Crippen LogP contribution in [0.1, 0.15) is 56.0 Å². The summed E-state index contributed by atoms with van der Waals surface area (Å²) < 4.78 is 25.3. The minimum Gasteiger partial charge on any atom is -0.245 e. The van der Waals surface area contributed by atoms with Crippen LogP contribution in [0.5, 0.6) is 0 Å². The van der Waals surface area contributed by atoms with E-state index in [2.05, 4.69) is 31.8 Å². The van der Waals surface area contributed by atoms with Crippen molar-refractivity contribution in [3.63, 3.8) is 0 Å². The highest BCUT2D eigenvalue weighted by Gasteiger charge is 2.19. The van der Waals surface area contributed by atoms with Crippen molar-refractivity contribution < 1.29 is 8.42 Å². The molecule has 0 atom stereocenters. The van der Waals surface area contributed by atoms with Gasteiger partial charge in [-0.3, -0.25) is 0 Å². The topological polar surface area (TPSA) is 70.8 Å². The number of pyridine rings is 1. The monoisotopic (exact) mass is 414 g/mol. The Morgan fingerprint density at radius 2 is 1.82 bits per heavy atom. The van der Waals surface area contributed by atoms with Crippen molar-refractivity contribution in [3.05, 3.63) is 52.7 Å². The number of aryl methyl sites for hydroxylation is 2. The SMILES string of the molecule is CC(C)(C)c1ccc(S(=O)(=O)CCSc2nc3c(cc2C#N)CCCC3)cc1. The molecule has 0 amide bonds. The van der Waals surface area contributed by atoms with Gasteiger partial charge in [-0.1, -0.05) is 32.9 Å². The fraction of sp³-hybridized carbons (Fsp3) is 0.455. The molecule has 0 N–H and O–H groups in total. The van der Waals surface area contributed by atoms with Crippen molar-refractivity contribution in [1.82, 2.24) is 4.98 Å². The first-order valence-electron chi connectivity index (χ1n) is 9.60. The average molecular weight is 415 g/mol. The maximum Gasteiger partial charge on any atom is 0.179 e. The van der Waals surface area contributed by atoms with Gasteiger partial charge in [0.05, 0.1) is 16.2 Å². The molecule has 0 radical (unpaired) electrons. The zero-order valence-electron chi connectivity index (χ0n) is 16.7. The number of aromatic nitrogens is 1. The quantitative estimate of drug-likeness (QED) is 0.664. The lowest BCUT2D eigenvalue weighted by molar-refractivity contribution is 0.586. The van der Waals surface area contributed by atoms with E-state index in [-0.39, 0.29) is 11.2 Å². The Morgan fingerprint density at radius 1 is 1.14 bits per heavy atom. The molecule has 148 valence electrons. The maximum absolute atomic E-state index is 12.7. The molecule has 0 unspecified atom stereocenters. The standard InChI is InChI=1S/C22H26N2O2S2/c1-22(2,3)18-8-10-19(11-9-18)28(25,26)13-12-27-21-17(15-23)14-16-6-4-5-7-20(16)24-21/h8-11,14H,4-7,12-13H2,1-3H3. The molecule has 4 nitrogen and oxygen atoms in total. The van der Waals surface area contributed by atoms with E-state index < -0.39 is 9.84 Å². The molecule has 28 heavy (non-hydrogen) atoms. The van der Waals surface area contributed by atoms with Crippen LogP contribution >= 0.6 is 11.8 Å². The van der Waals surface area contributed by atoms with E-state index in [0.29, 0.717) is 21.2 Å². The van der Waals surface area contributed by atoms with Gasteiger partial charge in [0.15, 0.2) is 9.84 Å². The molecule has 0 bridgehead atoms. The number of benzene rings is 1. The second kappa shape index (κ2) is 8.26. The number of thioether (sulfide) groups is 1. The minimum absolute atomic E-state index is 0.00996. The van der Waals surface area contributed by atoms with Crippen LogP contribution in [0.3, 0.4) is 0 Å². The zero-order chi connectivity index (χ0) is 20.4. The minimum atomic E-state index is -3.36. The molecule has 2 aromatic rings. The number of hydrogen-bond acceptors (Lipinski definition) is 5. The summed E-state index contributed by atoms with van der Waals surface area (Å²) in [6.07, 6.45) is 4.17. The Morgan fingerprint density at radius 3 is 2.46 bits per heavy atom. The summed E-state index contributed by atoms with van der Waals surface area (Å²) in [7, 11) is -3.36. The Kier molecular flexibility index (Phi) is 6.16. The summed E-state index contributed by atoms with van der Waals surface area (Å²) in [5.41, 5.74) is 3.88. The maximum atomic E-state index is 12.7. The van der Waals surface area contributed by atoms with E-state index in [4.69, 9.17) is 0 Å². The molecule has 0 spiro atoms. The van der Waals surface area contributed by atoms with Gasteiger partial charge in [0.2, 0.25) is 0 Å². The van der Waals surface area contributed by atoms with E-state index in [1.807, 2.05) is 18.2 Å². The lowest BCUT2D eigenvalue weighted by Gasteiger charge is -2.19. The highest BCUT2D eigenvalue weighted by molar-refractivity contribution is 8.00. The average Bonchev–Trinajstić information content (AvgIpc) is 2.66. The number of fused-ring (bicyclic) bond motifs is 1. The molecule has 1 aliphatic rings. The largest absolute Gasteiger partial charge is 0.245 e. The van der Waals surface area contributed by atoms with Gasteiger partial charge >= 0.3 is 0 Å². The third-order valence-corrected chi connectivity index (χ3v) is 8.04. The highest BCUT2D eigenvalue weighted by Crippen LogP contribution is 2.28. The van der Waals surface area contributed by atoms with E-state index in [1.165, 1.54) is 17.3 Å². The zero-order valence-corrected chi connectivity index (χ0v) is 18.3. The van der Waals surface area contributed by atoms with Crippen LogP contribution in [0.25, 0.3) is 0 Å². The van der Waals surface area contributed by atoms with Crippen molar-refractivity contribution >= 4 is 21.6 Å². The molecule has 0 saturated heterocycles. The number of rotatable bonds is 5. The van der Waals surface area contributed by atoms with Gasteiger partial charge in [0.1, 0.15) is 11.1 Å². The first-order valence-corrected chi connectivity index (χ1v) is 12.2. The first kappa shape index (κ1) is 20.9. The van der Waals surface area contributed by atoms with E-state index in [0.717, 1.165) is 36.9 Å². The van der Waals surface area contributed by atoms with Gasteiger partial charge in [-0.05, 0) is 60.4 Å². The van der Waals surface area contributed by atoms with Crippen molar-refractivity contribution in [1.29, 1.82) is 5.26 Å². The fourth-order valence-electron chi connectivity index (χ4n) is 3.33. The Balaban J connectivity index is 1.70. The second-order valence-electron chi connectivity index (χ2n) is 8.21. The molecular weight excluding hydrogens is 388 g/mol. The van der Waals surface area contributed by atoms with Crippen LogP contribution < -0.4 is 0 Å². The Hall–Kier alpha value is -1.84. The molecule has 0 saturated carbocycles. The first-order chi connectivity index (χ1) is 13.2. The smallest absolute Gasteiger partial charge is 0.179 e. The molecule has 1 heterocycles. The number of sulfone groups is 1. The highest BCUT2D eigenvalue weighted by atomic mass is 32.2. The van der Waals surface area contributed by atoms with Crippen molar-refractivity contribution in [2.45, 2.75) is 61.8 Å². The number of hydrogen-bond donors (Lipinski definition) is 0. The van der Waals surface area contributed by atoms with Gasteiger partial charge in [0.25, 0.3) is 0 Å². The van der Waals surface area contributed by atoms with Crippen LogP contribution in [0.15, 0.2) is 40.3 Å². The third kappa shape index (κ3) is 4.76. The predicted octanol–water partition coefficient (Wildman–Crippen LogP) is 4.70. The van der Waals surface area contributed by atoms with Crippen molar-refractivity contribution in [2.24, 2.45) is 0 Å². The summed E-state index contributed by atoms with van der Waals surface area (Å²) in [5, 5.41) is 10.1. The second-order valence-corrected chi connectivity index (χ2v) is 11.4. The predicted molar refractivity (Wildman–Crippen MR) is 114 cm³/mol. The molecule has 1 aliphatic carbocycles. The van der Waals surface area contributed by atoms with Gasteiger partial charge in [-0.2, -0.15) is 5.26 Å². The molecule has 3 rings (SSSR count). The van der Waals surface area contributed by atoms with Crippen LogP contribution in [0, 0.1) is 11.3 Å². The summed E-state index contributed by atoms with van der Waals surface area (Å²) in [6.45, 7) is 6.31. The lowest BCUT2D eigenvalue weighted by atomic mass is 9.87. The van der Waals surface area contributed by atoms with Crippen LogP contribution in [0.4, 0.5) is 0 Å². The Bertz CT molecular complexity index is 999. The molecule has 6 heteroatoms. The molecular formula is C22H26N2O2S2. The summed E-state index contributed by atoms with van der Waals surface area (Å²) in [6, 6.07) is 11.3. The van der Waals surface area contributed by atoms with Crippen LogP contribution in [-0.2, 0) is 28.1 Å². The molecule has 0 fully saturated rings. The Labute approximate surface area is 172 Å². The van der Waals surface area contributed by atoms with Gasteiger partial charge in [-0.15, -0.1) is 11.8 Å². The molecule has 1 aromatic heterocycles. The van der Waals surface area contributed by atoms with Crippen molar-refractivity contribution in [2.75, 3.05) is 11.5 Å². The molecule has 0 aliphatic heterocycles. The fourth-order valence-corrected chi connectivity index (χ4v) is 5.96.